The number of aldehydes is 2. The van der Waals surface area contributed by atoms with Crippen molar-refractivity contribution in [2.45, 2.75) is 80.0 Å². The van der Waals surface area contributed by atoms with Crippen LogP contribution in [-0.2, 0) is 78.4 Å². The van der Waals surface area contributed by atoms with E-state index in [-0.39, 0.29) is 147 Å². The summed E-state index contributed by atoms with van der Waals surface area (Å²) in [5, 5.41) is 162. The van der Waals surface area contributed by atoms with Crippen molar-refractivity contribution in [1.82, 2.24) is 20.0 Å². The molecular formula is C91H108B2IN12NaO30. The summed E-state index contributed by atoms with van der Waals surface area (Å²) in [5.41, 5.74) is 14.0. The Bertz CT molecular complexity index is 6060. The number of aromatic hydroxyl groups is 3. The second-order valence-electron chi connectivity index (χ2n) is 34.9. The number of aliphatic hydroxyl groups excluding tert-OH is 6. The van der Waals surface area contributed by atoms with Crippen molar-refractivity contribution in [3.8, 4) is 39.9 Å². The zero-order valence-corrected chi connectivity index (χ0v) is 81.8. The molecule has 0 aliphatic heterocycles. The Labute approximate surface area is 822 Å². The summed E-state index contributed by atoms with van der Waals surface area (Å²) in [4.78, 5) is 149. The number of fused-ring (bicyclic) bond motifs is 9. The van der Waals surface area contributed by atoms with Gasteiger partial charge in [-0.25, -0.2) is 0 Å². The molecule has 42 nitrogen and oxygen atoms in total. The quantitative estimate of drug-likeness (QED) is 0.00690. The number of rotatable bonds is 21. The van der Waals surface area contributed by atoms with Gasteiger partial charge < -0.3 is 149 Å². The summed E-state index contributed by atoms with van der Waals surface area (Å²) >= 11 is 1.92. The molecule has 726 valence electrons. The molecule has 137 heavy (non-hydrogen) atoms. The van der Waals surface area contributed by atoms with Gasteiger partial charge in [-0.2, -0.15) is 7.85 Å². The third-order valence-electron chi connectivity index (χ3n) is 25.5. The number of amides is 3. The number of phenolic OH excluding ortho intramolecular Hbond substituents is 3. The van der Waals surface area contributed by atoms with E-state index >= 15 is 0 Å². The summed E-state index contributed by atoms with van der Waals surface area (Å²) in [6.45, 7) is 2.84. The molecule has 24 N–H and O–H groups in total. The normalized spacial score (nSPS) is 23.8. The van der Waals surface area contributed by atoms with Gasteiger partial charge in [0.1, 0.15) is 91.5 Å². The molecule has 6 aromatic rings. The number of hydrogen-bond acceptors (Lipinski definition) is 39. The second-order valence-corrected chi connectivity index (χ2v) is 36.0. The minimum Gasteiger partial charge on any atom is -0.525 e. The molecule has 15 rings (SSSR count). The SMILES string of the molecule is CN(C)c1cc(-c2ccc(C=O)o2)c(O)c2c1CC1CC3[C@H](N(C)C)C(=O)C(C(N)=O)=C(O)[C@@]3(O)C(=O)C1=C2O.CN(C)c1cc(I)c(O)c2c1CC1CC3[C@H](N(C)C)C(=O)C(C(N)=O)=C(O)[C@@]3(O)C(=O)C1=C2O.COCCN.COCCNCc1ccc(-c2cc(N(C)C)c3c(c2O)C(O)=C2C(=O)[C@]4(O)C(O)=C(C(N)=O)C(=O)[C@@H](N(C)C)C4CC2C3)o1.O=Cc1ccc(B(O)O)o1.[B][C-]=N.[Na+]. The molecule has 9 aliphatic rings. The van der Waals surface area contributed by atoms with E-state index in [2.05, 4.69) is 22.3 Å². The number of nitrogens with one attached hydrogen (secondary N) is 2. The van der Waals surface area contributed by atoms with Gasteiger partial charge in [-0.05, 0) is 192 Å². The Morgan fingerprint density at radius 1 is 0.526 bits per heavy atom. The molecule has 3 fully saturated rings. The summed E-state index contributed by atoms with van der Waals surface area (Å²) in [6, 6.07) is 10.8. The number of furan rings is 3. The molecule has 12 atom stereocenters. The van der Waals surface area contributed by atoms with Gasteiger partial charge in [-0.15, -0.1) is 0 Å². The Hall–Kier alpha value is -11.6. The maximum atomic E-state index is 14.2. The molecule has 0 spiro atoms. The van der Waals surface area contributed by atoms with Crippen molar-refractivity contribution in [2.24, 2.45) is 58.4 Å². The number of Topliss-reactive ketones (excluding diaryl/α,β-unsaturated/α-hetero) is 6. The van der Waals surface area contributed by atoms with Crippen LogP contribution in [0.25, 0.3) is 39.9 Å². The monoisotopic (exact) mass is 2020 g/mol. The number of halogens is 1. The third-order valence-corrected chi connectivity index (χ3v) is 26.4. The molecule has 3 saturated carbocycles. The van der Waals surface area contributed by atoms with Crippen molar-refractivity contribution in [2.75, 3.05) is 140 Å². The average Bonchev–Trinajstić information content (AvgIpc) is 0.894. The van der Waals surface area contributed by atoms with Crippen LogP contribution in [0, 0.1) is 44.5 Å². The number of carbonyl (C=O) groups is 11. The van der Waals surface area contributed by atoms with E-state index in [1.165, 1.54) is 45.1 Å². The minimum absolute atomic E-state index is 0. The van der Waals surface area contributed by atoms with Crippen molar-refractivity contribution < 1.29 is 176 Å². The van der Waals surface area contributed by atoms with Crippen LogP contribution in [0.15, 0.2) is 119 Å². The Morgan fingerprint density at radius 3 is 1.13 bits per heavy atom. The van der Waals surface area contributed by atoms with Gasteiger partial charge in [0, 0.05) is 121 Å². The van der Waals surface area contributed by atoms with Crippen LogP contribution < -0.4 is 78.2 Å². The van der Waals surface area contributed by atoms with Crippen LogP contribution >= 0.6 is 22.6 Å². The van der Waals surface area contributed by atoms with Gasteiger partial charge in [0.2, 0.25) is 17.3 Å². The van der Waals surface area contributed by atoms with Crippen LogP contribution in [0.2, 0.25) is 0 Å². The number of primary amides is 3. The predicted molar refractivity (Wildman–Crippen MR) is 501 cm³/mol. The van der Waals surface area contributed by atoms with Gasteiger partial charge in [-0.3, -0.25) is 67.4 Å². The largest absolute Gasteiger partial charge is 1.00 e. The number of anilines is 3. The zero-order chi connectivity index (χ0) is 101. The minimum atomic E-state index is -2.72. The molecule has 3 heterocycles. The standard InChI is InChI=1S/C31H38N4O9.C28H29N3O9.C23H26IN3O7.C5H5BO4.C3H9NO.CHBN.Na/c1-34(2)19-12-17(20-7-6-15(44-20)13-33-8-9-43-5)25(36)22-16(19)10-14-11-18-24(35(3)4)27(38)23(30(32)41)29(40)31(18,42)28(39)21(14)26(22)37;1-30(2)16-9-14(17-6-5-12(10-32)40-17)22(33)19-13(16)7-11-8-15-21(31(3)4)24(35)20(27(29)38)26(37)28(15,39)25(36)18(11)23(19)34;1-26(2)12-7-11(24)17(28)14-9(12)5-8-6-10-16(27(3)4)19(30)15(22(25)33)21(32)23(10,34)20(31)13(8)18(14)29;7-3-4-1-2-5(10-4)6(8)9;1-5-3-2-4;2-1-3;/h6-7,12,14,18,24,33,36-37,40,42H,8-11,13H2,1-5H3,(H2,32,41);5-6,9-11,15,21,33-34,37,39H,7-8H2,1-4H3,(H2,29,38);7-8,10,16,28-29,32,34H,5-6H2,1-4H3,(H2,25,33);1-3,8-9H;2-4H2,1H3;3H;/q;;;;;-1;+1/t14?,18?,24-,31-;11?,15?,21-,28-;8?,10?,16-,23-;;;;/m000..../s1. The van der Waals surface area contributed by atoms with E-state index in [9.17, 15) is 114 Å². The van der Waals surface area contributed by atoms with E-state index in [0.29, 0.717) is 88.6 Å². The Kier molecular flexibility index (Phi) is 34.4. The first-order chi connectivity index (χ1) is 63.8. The second kappa shape index (κ2) is 43.2. The number of aliphatic hydroxyl groups is 9. The van der Waals surface area contributed by atoms with Crippen LogP contribution in [-0.4, -0.2) is 332 Å². The number of carbonyl (C=O) groups excluding carboxylic acids is 11. The van der Waals surface area contributed by atoms with Crippen molar-refractivity contribution in [3.63, 3.8) is 0 Å². The van der Waals surface area contributed by atoms with Crippen molar-refractivity contribution >= 4 is 149 Å². The number of methoxy groups -OCH3 is 2. The summed E-state index contributed by atoms with van der Waals surface area (Å²) in [6.07, 6.45) is 3.14. The van der Waals surface area contributed by atoms with E-state index in [1.807, 2.05) is 46.5 Å². The third kappa shape index (κ3) is 19.5. The number of ether oxygens (including phenoxy) is 2. The fourth-order valence-electron chi connectivity index (χ4n) is 19.7. The molecule has 0 bridgehead atoms. The van der Waals surface area contributed by atoms with Gasteiger partial charge in [0.15, 0.2) is 58.2 Å². The maximum Gasteiger partial charge on any atom is 1.00 e. The van der Waals surface area contributed by atoms with Gasteiger partial charge in [0.25, 0.3) is 17.7 Å². The zero-order valence-electron chi connectivity index (χ0n) is 77.6. The van der Waals surface area contributed by atoms with Gasteiger partial charge >= 0.3 is 36.7 Å². The number of nitrogens with two attached hydrogens (primary N) is 4. The fourth-order valence-corrected chi connectivity index (χ4v) is 20.2. The van der Waals surface area contributed by atoms with Crippen LogP contribution in [0.4, 0.5) is 17.1 Å². The van der Waals surface area contributed by atoms with Crippen molar-refractivity contribution in [3.05, 3.63) is 160 Å². The van der Waals surface area contributed by atoms with E-state index < -0.39 is 187 Å². The Morgan fingerprint density at radius 2 is 0.847 bits per heavy atom. The molecular weight excluding hydrogens is 1910 g/mol. The summed E-state index contributed by atoms with van der Waals surface area (Å²) in [5.74, 6) is -19.5. The number of phenols is 3. The van der Waals surface area contributed by atoms with E-state index in [4.69, 9.17) is 52.0 Å². The Balaban J connectivity index is 0.000000211. The molecule has 6 unspecified atom stereocenters. The van der Waals surface area contributed by atoms with E-state index in [0.717, 1.165) is 5.69 Å². The number of benzene rings is 3. The molecule has 3 aromatic carbocycles. The fraction of sp³-hybridized carbons (Fsp3) is 0.407. The van der Waals surface area contributed by atoms with Crippen LogP contribution in [0.5, 0.6) is 17.2 Å². The number of nitrogens with zero attached hydrogens (tertiary/aromatic N) is 6. The first-order valence-electron chi connectivity index (χ1n) is 42.2. The number of ketones is 6. The molecule has 3 aromatic heterocycles. The summed E-state index contributed by atoms with van der Waals surface area (Å²) < 4.78 is 26.2. The molecule has 3 amide bonds. The first kappa shape index (κ1) is 109. The van der Waals surface area contributed by atoms with Crippen molar-refractivity contribution in [1.29, 1.82) is 5.41 Å². The van der Waals surface area contributed by atoms with E-state index in [1.54, 1.807) is 120 Å². The average molecular weight is 2020 g/mol. The topological polar surface area (TPSA) is 688 Å². The molecule has 46 heteroatoms. The first-order valence-corrected chi connectivity index (χ1v) is 43.2. The number of likely N-dealkylation sites (N-methyl/N-ethyl adjacent to an activating group) is 3. The summed E-state index contributed by atoms with van der Waals surface area (Å²) in [7, 11) is 26.0. The van der Waals surface area contributed by atoms with Gasteiger partial charge in [0.05, 0.1) is 69.3 Å². The van der Waals surface area contributed by atoms with Crippen LogP contribution in [0.3, 0.4) is 0 Å². The molecule has 9 aliphatic carbocycles. The number of hydrogen-bond donors (Lipinski definition) is 20. The maximum absolute atomic E-state index is 14.2. The van der Waals surface area contributed by atoms with Gasteiger partial charge in [-0.1, -0.05) is 0 Å². The smallest absolute Gasteiger partial charge is 0.525 e. The molecule has 0 saturated heterocycles. The predicted octanol–water partition coefficient (Wildman–Crippen LogP) is -2.23. The van der Waals surface area contributed by atoms with Crippen LogP contribution in [0.1, 0.15) is 79.5 Å². The molecule has 2 radical (unpaired) electrons.